The van der Waals surface area contributed by atoms with Crippen molar-refractivity contribution in [1.29, 1.82) is 0 Å². The molecule has 4 nitrogen and oxygen atoms in total. The van der Waals surface area contributed by atoms with Crippen molar-refractivity contribution >= 4 is 32.9 Å². The quantitative estimate of drug-likeness (QED) is 0.855. The van der Waals surface area contributed by atoms with Gasteiger partial charge in [-0.1, -0.05) is 6.92 Å². The molecule has 3 rings (SSSR count). The predicted molar refractivity (Wildman–Crippen MR) is 82.9 cm³/mol. The number of fused-ring (bicyclic) bond motifs is 1. The lowest BCUT2D eigenvalue weighted by Gasteiger charge is -2.23. The molecule has 1 aromatic carbocycles. The molecule has 1 aliphatic heterocycles. The van der Waals surface area contributed by atoms with E-state index in [1.165, 1.54) is 0 Å². The van der Waals surface area contributed by atoms with E-state index in [1.54, 1.807) is 11.3 Å². The number of aromatic nitrogens is 1. The average molecular weight is 276 g/mol. The van der Waals surface area contributed by atoms with Gasteiger partial charge in [-0.15, -0.1) is 11.3 Å². The van der Waals surface area contributed by atoms with Crippen LogP contribution < -0.4 is 10.6 Å². The number of rotatable bonds is 2. The first-order valence-corrected chi connectivity index (χ1v) is 7.49. The first kappa shape index (κ1) is 12.7. The maximum Gasteiger partial charge on any atom is 0.106 e. The number of likely N-dealkylation sites (N-methyl/N-ethyl adjacent to an activating group) is 1. The van der Waals surface area contributed by atoms with Crippen LogP contribution in [-0.2, 0) is 0 Å². The summed E-state index contributed by atoms with van der Waals surface area (Å²) in [5.74, 6) is 0.653. The van der Waals surface area contributed by atoms with Crippen molar-refractivity contribution in [1.82, 2.24) is 9.88 Å². The molecule has 5 heteroatoms. The molecule has 1 aliphatic rings. The van der Waals surface area contributed by atoms with E-state index in [9.17, 15) is 0 Å². The van der Waals surface area contributed by atoms with E-state index < -0.39 is 0 Å². The van der Waals surface area contributed by atoms with E-state index in [0.717, 1.165) is 34.7 Å². The molecule has 0 radical (unpaired) electrons. The Bertz CT molecular complexity index is 592. The van der Waals surface area contributed by atoms with Crippen LogP contribution >= 0.6 is 11.3 Å². The third kappa shape index (κ3) is 2.07. The standard InChI is InChI=1S/C14H20N4S/c1-9-6-18(7-11(9)17(2)3)10-4-5-12-14(13(10)15)16-8-19-12/h4-5,8-9,11H,6-7,15H2,1-3H3. The van der Waals surface area contributed by atoms with Crippen LogP contribution in [0, 0.1) is 5.92 Å². The molecule has 0 saturated carbocycles. The van der Waals surface area contributed by atoms with E-state index in [2.05, 4.69) is 47.9 Å². The third-order valence-electron chi connectivity index (χ3n) is 4.10. The number of hydrogen-bond acceptors (Lipinski definition) is 5. The molecule has 0 spiro atoms. The van der Waals surface area contributed by atoms with Gasteiger partial charge in [-0.2, -0.15) is 0 Å². The van der Waals surface area contributed by atoms with Gasteiger partial charge >= 0.3 is 0 Å². The van der Waals surface area contributed by atoms with E-state index in [-0.39, 0.29) is 0 Å². The van der Waals surface area contributed by atoms with Gasteiger partial charge in [0.2, 0.25) is 0 Å². The van der Waals surface area contributed by atoms with Crippen LogP contribution in [0.2, 0.25) is 0 Å². The topological polar surface area (TPSA) is 45.4 Å². The Morgan fingerprint density at radius 3 is 2.84 bits per heavy atom. The summed E-state index contributed by atoms with van der Waals surface area (Å²) in [4.78, 5) is 9.08. The van der Waals surface area contributed by atoms with Gasteiger partial charge < -0.3 is 15.5 Å². The summed E-state index contributed by atoms with van der Waals surface area (Å²) in [6.07, 6.45) is 0. The van der Waals surface area contributed by atoms with E-state index in [0.29, 0.717) is 12.0 Å². The summed E-state index contributed by atoms with van der Waals surface area (Å²) < 4.78 is 1.16. The number of thiazole rings is 1. The lowest BCUT2D eigenvalue weighted by Crippen LogP contribution is -2.34. The number of nitrogen functional groups attached to an aromatic ring is 1. The maximum atomic E-state index is 6.30. The van der Waals surface area contributed by atoms with E-state index >= 15 is 0 Å². The fourth-order valence-electron chi connectivity index (χ4n) is 3.04. The van der Waals surface area contributed by atoms with Crippen LogP contribution in [0.5, 0.6) is 0 Å². The summed E-state index contributed by atoms with van der Waals surface area (Å²) in [7, 11) is 4.30. The smallest absolute Gasteiger partial charge is 0.106 e. The zero-order valence-electron chi connectivity index (χ0n) is 11.6. The Morgan fingerprint density at radius 2 is 2.16 bits per heavy atom. The van der Waals surface area contributed by atoms with Gasteiger partial charge in [-0.05, 0) is 32.1 Å². The normalized spacial score (nSPS) is 23.7. The van der Waals surface area contributed by atoms with Gasteiger partial charge in [0.05, 0.1) is 21.6 Å². The lowest BCUT2D eigenvalue weighted by molar-refractivity contribution is 0.266. The van der Waals surface area contributed by atoms with Gasteiger partial charge in [0, 0.05) is 19.1 Å². The fourth-order valence-corrected chi connectivity index (χ4v) is 3.73. The van der Waals surface area contributed by atoms with Crippen molar-refractivity contribution in [3.63, 3.8) is 0 Å². The maximum absolute atomic E-state index is 6.30. The first-order valence-electron chi connectivity index (χ1n) is 6.61. The highest BCUT2D eigenvalue weighted by molar-refractivity contribution is 7.16. The lowest BCUT2D eigenvalue weighted by atomic mass is 10.1. The zero-order valence-corrected chi connectivity index (χ0v) is 12.4. The van der Waals surface area contributed by atoms with E-state index in [1.807, 2.05) is 5.51 Å². The third-order valence-corrected chi connectivity index (χ3v) is 4.89. The van der Waals surface area contributed by atoms with Crippen LogP contribution in [-0.4, -0.2) is 43.1 Å². The number of anilines is 2. The second kappa shape index (κ2) is 4.65. The Labute approximate surface area is 117 Å². The van der Waals surface area contributed by atoms with Crippen LogP contribution in [0.15, 0.2) is 17.6 Å². The minimum atomic E-state index is 0.588. The van der Waals surface area contributed by atoms with Crippen LogP contribution in [0.3, 0.4) is 0 Å². The largest absolute Gasteiger partial charge is 0.395 e. The molecule has 2 atom stereocenters. The monoisotopic (exact) mass is 276 g/mol. The molecule has 1 aromatic heterocycles. The summed E-state index contributed by atoms with van der Waals surface area (Å²) in [6, 6.07) is 4.86. The highest BCUT2D eigenvalue weighted by Crippen LogP contribution is 2.35. The fraction of sp³-hybridized carbons (Fsp3) is 0.500. The van der Waals surface area contributed by atoms with Crippen molar-refractivity contribution in [2.45, 2.75) is 13.0 Å². The highest BCUT2D eigenvalue weighted by atomic mass is 32.1. The van der Waals surface area contributed by atoms with Gasteiger partial charge in [0.15, 0.2) is 0 Å². The van der Waals surface area contributed by atoms with Crippen molar-refractivity contribution in [3.8, 4) is 0 Å². The van der Waals surface area contributed by atoms with Crippen LogP contribution in [0.4, 0.5) is 11.4 Å². The molecule has 19 heavy (non-hydrogen) atoms. The molecule has 2 unspecified atom stereocenters. The molecule has 0 amide bonds. The van der Waals surface area contributed by atoms with Crippen molar-refractivity contribution < 1.29 is 0 Å². The number of nitrogens with zero attached hydrogens (tertiary/aromatic N) is 3. The molecule has 2 N–H and O–H groups in total. The minimum Gasteiger partial charge on any atom is -0.395 e. The molecule has 0 bridgehead atoms. The Kier molecular flexibility index (Phi) is 3.11. The highest BCUT2D eigenvalue weighted by Gasteiger charge is 2.32. The predicted octanol–water partition coefficient (Wildman–Crippen LogP) is 2.26. The average Bonchev–Trinajstić information content (AvgIpc) is 2.96. The summed E-state index contributed by atoms with van der Waals surface area (Å²) in [5.41, 5.74) is 11.1. The van der Waals surface area contributed by atoms with Gasteiger partial charge in [-0.25, -0.2) is 4.98 Å². The summed E-state index contributed by atoms with van der Waals surface area (Å²) in [6.45, 7) is 4.40. The van der Waals surface area contributed by atoms with Crippen molar-refractivity contribution in [2.75, 3.05) is 37.8 Å². The molecule has 2 aromatic rings. The molecular weight excluding hydrogens is 256 g/mol. The molecule has 0 aliphatic carbocycles. The van der Waals surface area contributed by atoms with Crippen LogP contribution in [0.1, 0.15) is 6.92 Å². The molecule has 102 valence electrons. The van der Waals surface area contributed by atoms with Crippen molar-refractivity contribution in [2.24, 2.45) is 5.92 Å². The second-order valence-corrected chi connectivity index (χ2v) is 6.50. The van der Waals surface area contributed by atoms with Gasteiger partial charge in [0.1, 0.15) is 5.52 Å². The summed E-state index contributed by atoms with van der Waals surface area (Å²) >= 11 is 1.64. The van der Waals surface area contributed by atoms with Crippen LogP contribution in [0.25, 0.3) is 10.2 Å². The molecule has 2 heterocycles. The van der Waals surface area contributed by atoms with E-state index in [4.69, 9.17) is 5.73 Å². The second-order valence-electron chi connectivity index (χ2n) is 5.61. The Morgan fingerprint density at radius 1 is 1.37 bits per heavy atom. The molecule has 1 saturated heterocycles. The SMILES string of the molecule is CC1CN(c2ccc3scnc3c2N)CC1N(C)C. The van der Waals surface area contributed by atoms with Crippen molar-refractivity contribution in [3.05, 3.63) is 17.6 Å². The molecule has 1 fully saturated rings. The molecular formula is C14H20N4S. The number of nitrogens with two attached hydrogens (primary N) is 1. The minimum absolute atomic E-state index is 0.588. The first-order chi connectivity index (χ1) is 9.08. The Balaban J connectivity index is 1.95. The number of hydrogen-bond donors (Lipinski definition) is 1. The summed E-state index contributed by atoms with van der Waals surface area (Å²) in [5, 5.41) is 0. The van der Waals surface area contributed by atoms with Gasteiger partial charge in [-0.3, -0.25) is 0 Å². The number of benzene rings is 1. The Hall–Kier alpha value is -1.33. The zero-order chi connectivity index (χ0) is 13.6. The van der Waals surface area contributed by atoms with Gasteiger partial charge in [0.25, 0.3) is 0 Å².